The van der Waals surface area contributed by atoms with Gasteiger partial charge >= 0.3 is 0 Å². The number of nitrogens with zero attached hydrogens (tertiary/aromatic N) is 2. The minimum atomic E-state index is -1.83. The lowest BCUT2D eigenvalue weighted by Crippen LogP contribution is -2.42. The molecule has 1 aliphatic rings. The standard InChI is InChI=1S/C14H16Cl3N3O/c1-10-2-4-11(5-3-10)12(19-13(18)14(15,16)17)20-6-8-21-9-7-20/h2-5,18H,6-9H2,1H3. The van der Waals surface area contributed by atoms with Gasteiger partial charge in [0.15, 0.2) is 5.84 Å². The van der Waals surface area contributed by atoms with Gasteiger partial charge in [0.1, 0.15) is 5.84 Å². The van der Waals surface area contributed by atoms with E-state index in [4.69, 9.17) is 44.9 Å². The number of rotatable bonds is 1. The van der Waals surface area contributed by atoms with Crippen LogP contribution < -0.4 is 0 Å². The molecule has 0 spiro atoms. The van der Waals surface area contributed by atoms with Crippen LogP contribution in [0.2, 0.25) is 0 Å². The molecule has 0 amide bonds. The smallest absolute Gasteiger partial charge is 0.249 e. The van der Waals surface area contributed by atoms with Gasteiger partial charge in [0, 0.05) is 18.7 Å². The molecule has 1 N–H and O–H groups in total. The Balaban J connectivity index is 2.36. The van der Waals surface area contributed by atoms with Gasteiger partial charge in [-0.3, -0.25) is 5.41 Å². The van der Waals surface area contributed by atoms with E-state index in [1.54, 1.807) is 0 Å². The van der Waals surface area contributed by atoms with E-state index >= 15 is 0 Å². The molecule has 1 aromatic rings. The average Bonchev–Trinajstić information content (AvgIpc) is 2.45. The Hall–Kier alpha value is -0.810. The van der Waals surface area contributed by atoms with E-state index in [1.807, 2.05) is 36.1 Å². The second-order valence-corrected chi connectivity index (χ2v) is 7.03. The minimum Gasteiger partial charge on any atom is -0.378 e. The third kappa shape index (κ3) is 4.58. The molecule has 0 aliphatic carbocycles. The third-order valence-electron chi connectivity index (χ3n) is 3.11. The van der Waals surface area contributed by atoms with Gasteiger partial charge in [-0.15, -0.1) is 0 Å². The van der Waals surface area contributed by atoms with E-state index < -0.39 is 3.79 Å². The number of halogens is 3. The highest BCUT2D eigenvalue weighted by Gasteiger charge is 2.28. The van der Waals surface area contributed by atoms with Crippen molar-refractivity contribution in [2.24, 2.45) is 4.99 Å². The third-order valence-corrected chi connectivity index (χ3v) is 3.64. The van der Waals surface area contributed by atoms with Crippen molar-refractivity contribution in [2.45, 2.75) is 10.7 Å². The number of aliphatic imine (C=N–C) groups is 1. The van der Waals surface area contributed by atoms with Crippen LogP contribution in [0, 0.1) is 12.3 Å². The first kappa shape index (κ1) is 16.6. The zero-order valence-electron chi connectivity index (χ0n) is 11.6. The van der Waals surface area contributed by atoms with Gasteiger partial charge in [-0.2, -0.15) is 0 Å². The fourth-order valence-corrected chi connectivity index (χ4v) is 2.09. The lowest BCUT2D eigenvalue weighted by Gasteiger charge is -2.30. The molecule has 0 unspecified atom stereocenters. The number of nitrogens with one attached hydrogen (secondary N) is 1. The van der Waals surface area contributed by atoms with E-state index in [9.17, 15) is 0 Å². The predicted octanol–water partition coefficient (Wildman–Crippen LogP) is 3.42. The van der Waals surface area contributed by atoms with Crippen LogP contribution in [0.4, 0.5) is 0 Å². The SMILES string of the molecule is Cc1ccc(C(=NC(=N)C(Cl)(Cl)Cl)N2CCOCC2)cc1. The van der Waals surface area contributed by atoms with E-state index in [2.05, 4.69) is 4.99 Å². The van der Waals surface area contributed by atoms with Crippen molar-refractivity contribution in [3.8, 4) is 0 Å². The van der Waals surface area contributed by atoms with Gasteiger partial charge in [0.25, 0.3) is 0 Å². The molecule has 1 heterocycles. The van der Waals surface area contributed by atoms with Crippen LogP contribution >= 0.6 is 34.8 Å². The summed E-state index contributed by atoms with van der Waals surface area (Å²) in [7, 11) is 0. The molecule has 2 rings (SSSR count). The summed E-state index contributed by atoms with van der Waals surface area (Å²) < 4.78 is 3.52. The molecule has 0 radical (unpaired) electrons. The number of aryl methyl sites for hydroxylation is 1. The molecular weight excluding hydrogens is 333 g/mol. The van der Waals surface area contributed by atoms with E-state index in [0.29, 0.717) is 32.1 Å². The van der Waals surface area contributed by atoms with Crippen molar-refractivity contribution in [2.75, 3.05) is 26.3 Å². The van der Waals surface area contributed by atoms with Crippen molar-refractivity contribution < 1.29 is 4.74 Å². The first-order valence-electron chi connectivity index (χ1n) is 6.52. The van der Waals surface area contributed by atoms with E-state index in [-0.39, 0.29) is 5.84 Å². The van der Waals surface area contributed by atoms with Crippen LogP contribution in [0.5, 0.6) is 0 Å². The first-order chi connectivity index (χ1) is 9.88. The van der Waals surface area contributed by atoms with Gasteiger partial charge in [-0.1, -0.05) is 64.6 Å². The van der Waals surface area contributed by atoms with E-state index in [1.165, 1.54) is 0 Å². The Labute approximate surface area is 139 Å². The summed E-state index contributed by atoms with van der Waals surface area (Å²) in [4.78, 5) is 6.29. The number of hydrogen-bond acceptors (Lipinski definition) is 2. The maximum Gasteiger partial charge on any atom is 0.249 e. The van der Waals surface area contributed by atoms with Gasteiger partial charge in [0.05, 0.1) is 13.2 Å². The highest BCUT2D eigenvalue weighted by atomic mass is 35.6. The fourth-order valence-electron chi connectivity index (χ4n) is 1.96. The quantitative estimate of drug-likeness (QED) is 0.480. The van der Waals surface area contributed by atoms with Crippen LogP contribution in [0.15, 0.2) is 29.3 Å². The summed E-state index contributed by atoms with van der Waals surface area (Å²) in [6, 6.07) is 7.89. The molecule has 0 bridgehead atoms. The summed E-state index contributed by atoms with van der Waals surface area (Å²) in [5.41, 5.74) is 2.04. The van der Waals surface area contributed by atoms with Crippen LogP contribution in [0.3, 0.4) is 0 Å². The average molecular weight is 349 g/mol. The Kier molecular flexibility index (Phi) is 5.49. The lowest BCUT2D eigenvalue weighted by atomic mass is 10.1. The number of amidine groups is 2. The molecule has 1 aromatic carbocycles. The van der Waals surface area contributed by atoms with Crippen molar-refractivity contribution >= 4 is 46.5 Å². The van der Waals surface area contributed by atoms with E-state index in [0.717, 1.165) is 11.1 Å². The monoisotopic (exact) mass is 347 g/mol. The Morgan fingerprint density at radius 3 is 2.29 bits per heavy atom. The molecule has 1 aliphatic heterocycles. The molecule has 1 saturated heterocycles. The lowest BCUT2D eigenvalue weighted by molar-refractivity contribution is 0.0683. The highest BCUT2D eigenvalue weighted by Crippen LogP contribution is 2.28. The number of benzene rings is 1. The van der Waals surface area contributed by atoms with Crippen LogP contribution in [-0.4, -0.2) is 46.7 Å². The molecular formula is C14H16Cl3N3O. The minimum absolute atomic E-state index is 0.297. The molecule has 0 aromatic heterocycles. The maximum atomic E-state index is 7.84. The van der Waals surface area contributed by atoms with Gasteiger partial charge < -0.3 is 9.64 Å². The van der Waals surface area contributed by atoms with Crippen LogP contribution in [0.25, 0.3) is 0 Å². The zero-order chi connectivity index (χ0) is 15.5. The highest BCUT2D eigenvalue weighted by molar-refractivity contribution is 6.76. The second-order valence-electron chi connectivity index (χ2n) is 4.75. The Morgan fingerprint density at radius 2 is 1.76 bits per heavy atom. The number of ether oxygens (including phenoxy) is 1. The van der Waals surface area contributed by atoms with Crippen molar-refractivity contribution in [1.82, 2.24) is 4.90 Å². The zero-order valence-corrected chi connectivity index (χ0v) is 13.8. The molecule has 0 atom stereocenters. The fraction of sp³-hybridized carbons (Fsp3) is 0.429. The van der Waals surface area contributed by atoms with Crippen LogP contribution in [0.1, 0.15) is 11.1 Å². The summed E-state index contributed by atoms with van der Waals surface area (Å²) in [6.45, 7) is 4.64. The first-order valence-corrected chi connectivity index (χ1v) is 7.65. The van der Waals surface area contributed by atoms with Crippen molar-refractivity contribution in [1.29, 1.82) is 5.41 Å². The van der Waals surface area contributed by atoms with Gasteiger partial charge in [0.2, 0.25) is 3.79 Å². The van der Waals surface area contributed by atoms with Gasteiger partial charge in [-0.05, 0) is 6.92 Å². The number of hydrogen-bond donors (Lipinski definition) is 1. The molecule has 4 nitrogen and oxygen atoms in total. The normalized spacial score (nSPS) is 17.0. The van der Waals surface area contributed by atoms with Crippen LogP contribution in [-0.2, 0) is 4.74 Å². The molecule has 114 valence electrons. The maximum absolute atomic E-state index is 7.84. The molecule has 7 heteroatoms. The topological polar surface area (TPSA) is 48.7 Å². The second kappa shape index (κ2) is 6.97. The summed E-state index contributed by atoms with van der Waals surface area (Å²) in [6.07, 6.45) is 0. The molecule has 1 fully saturated rings. The number of morpholine rings is 1. The molecule has 0 saturated carbocycles. The van der Waals surface area contributed by atoms with Gasteiger partial charge in [-0.25, -0.2) is 4.99 Å². The predicted molar refractivity (Wildman–Crippen MR) is 88.1 cm³/mol. The Bertz CT molecular complexity index is 531. The summed E-state index contributed by atoms with van der Waals surface area (Å²) in [5.74, 6) is 0.337. The number of alkyl halides is 3. The Morgan fingerprint density at radius 1 is 1.19 bits per heavy atom. The largest absolute Gasteiger partial charge is 0.378 e. The molecule has 21 heavy (non-hydrogen) atoms. The van der Waals surface area contributed by atoms with Crippen molar-refractivity contribution in [3.63, 3.8) is 0 Å². The van der Waals surface area contributed by atoms with Crippen molar-refractivity contribution in [3.05, 3.63) is 35.4 Å². The summed E-state index contributed by atoms with van der Waals surface area (Å²) >= 11 is 17.2. The summed E-state index contributed by atoms with van der Waals surface area (Å²) in [5, 5.41) is 7.84.